The Kier molecular flexibility index (Phi) is 2.29. The van der Waals surface area contributed by atoms with Gasteiger partial charge in [0.05, 0.1) is 5.56 Å². The topological polar surface area (TPSA) is 49.8 Å². The van der Waals surface area contributed by atoms with Crippen LogP contribution in [0.25, 0.3) is 5.57 Å². The number of hydrogen-bond acceptors (Lipinski definition) is 2. The van der Waals surface area contributed by atoms with Gasteiger partial charge in [0, 0.05) is 19.3 Å². The zero-order chi connectivity index (χ0) is 10.1. The molecule has 4 nitrogen and oxygen atoms in total. The molecule has 1 aliphatic heterocycles. The van der Waals surface area contributed by atoms with Gasteiger partial charge in [-0.1, -0.05) is 6.08 Å². The molecule has 0 unspecified atom stereocenters. The normalized spacial score (nSPS) is 16.9. The molecule has 0 radical (unpaired) electrons. The predicted molar refractivity (Wildman–Crippen MR) is 56.2 cm³/mol. The van der Waals surface area contributed by atoms with Crippen LogP contribution < -0.4 is 10.9 Å². The molecule has 0 fully saturated rings. The van der Waals surface area contributed by atoms with Crippen molar-refractivity contribution in [3.05, 3.63) is 27.7 Å². The van der Waals surface area contributed by atoms with Gasteiger partial charge < -0.3 is 5.32 Å². The molecule has 14 heavy (non-hydrogen) atoms. The number of aromatic amines is 1. The van der Waals surface area contributed by atoms with Crippen LogP contribution in [-0.4, -0.2) is 22.9 Å². The minimum atomic E-state index is 0.0671. The minimum absolute atomic E-state index is 0.0671. The maximum absolute atomic E-state index is 11.8. The summed E-state index contributed by atoms with van der Waals surface area (Å²) in [6.07, 6.45) is 3.15. The SMILES string of the molecule is Cc1[nH]n(C)c(=O)c1C1=CCCNC1. The van der Waals surface area contributed by atoms with E-state index in [-0.39, 0.29) is 5.56 Å². The smallest absolute Gasteiger partial charge is 0.274 e. The van der Waals surface area contributed by atoms with E-state index in [2.05, 4.69) is 16.5 Å². The van der Waals surface area contributed by atoms with E-state index in [1.54, 1.807) is 7.05 Å². The molecule has 0 aromatic carbocycles. The first kappa shape index (κ1) is 9.27. The number of aryl methyl sites for hydroxylation is 2. The highest BCUT2D eigenvalue weighted by atomic mass is 16.1. The van der Waals surface area contributed by atoms with E-state index in [0.717, 1.165) is 36.3 Å². The summed E-state index contributed by atoms with van der Waals surface area (Å²) in [6, 6.07) is 0. The monoisotopic (exact) mass is 193 g/mol. The Morgan fingerprint density at radius 1 is 1.50 bits per heavy atom. The summed E-state index contributed by atoms with van der Waals surface area (Å²) >= 11 is 0. The van der Waals surface area contributed by atoms with Crippen molar-refractivity contribution >= 4 is 5.57 Å². The summed E-state index contributed by atoms with van der Waals surface area (Å²) < 4.78 is 1.53. The Hall–Kier alpha value is -1.29. The number of rotatable bonds is 1. The molecule has 1 aromatic heterocycles. The fourth-order valence-electron chi connectivity index (χ4n) is 1.90. The van der Waals surface area contributed by atoms with Crippen molar-refractivity contribution < 1.29 is 0 Å². The second-order valence-corrected chi connectivity index (χ2v) is 3.67. The van der Waals surface area contributed by atoms with Crippen LogP contribution in [0, 0.1) is 6.92 Å². The number of nitrogens with zero attached hydrogens (tertiary/aromatic N) is 1. The summed E-state index contributed by atoms with van der Waals surface area (Å²) in [5.41, 5.74) is 2.97. The molecule has 2 N–H and O–H groups in total. The lowest BCUT2D eigenvalue weighted by Crippen LogP contribution is -2.24. The third-order valence-electron chi connectivity index (χ3n) is 2.58. The number of aromatic nitrogens is 2. The third-order valence-corrected chi connectivity index (χ3v) is 2.58. The first-order valence-electron chi connectivity index (χ1n) is 4.86. The van der Waals surface area contributed by atoms with Gasteiger partial charge in [-0.15, -0.1) is 0 Å². The highest BCUT2D eigenvalue weighted by Gasteiger charge is 2.14. The summed E-state index contributed by atoms with van der Waals surface area (Å²) in [4.78, 5) is 11.8. The zero-order valence-corrected chi connectivity index (χ0v) is 8.55. The van der Waals surface area contributed by atoms with Gasteiger partial charge in [-0.2, -0.15) is 0 Å². The average molecular weight is 193 g/mol. The lowest BCUT2D eigenvalue weighted by Gasteiger charge is -2.12. The van der Waals surface area contributed by atoms with Crippen molar-refractivity contribution in [2.45, 2.75) is 13.3 Å². The molecule has 0 bridgehead atoms. The van der Waals surface area contributed by atoms with Crippen molar-refractivity contribution in [3.63, 3.8) is 0 Å². The Labute approximate surface area is 82.6 Å². The van der Waals surface area contributed by atoms with E-state index in [1.807, 2.05) is 6.92 Å². The lowest BCUT2D eigenvalue weighted by molar-refractivity contribution is 0.728. The van der Waals surface area contributed by atoms with E-state index < -0.39 is 0 Å². The summed E-state index contributed by atoms with van der Waals surface area (Å²) in [5, 5.41) is 6.28. The first-order valence-corrected chi connectivity index (χ1v) is 4.86. The zero-order valence-electron chi connectivity index (χ0n) is 8.55. The van der Waals surface area contributed by atoms with Crippen molar-refractivity contribution in [3.8, 4) is 0 Å². The lowest BCUT2D eigenvalue weighted by atomic mass is 10.0. The highest BCUT2D eigenvalue weighted by molar-refractivity contribution is 5.68. The van der Waals surface area contributed by atoms with Crippen LogP contribution in [0.3, 0.4) is 0 Å². The molecular formula is C10H15N3O. The minimum Gasteiger partial charge on any atom is -0.312 e. The van der Waals surface area contributed by atoms with Gasteiger partial charge in [0.2, 0.25) is 0 Å². The second-order valence-electron chi connectivity index (χ2n) is 3.67. The largest absolute Gasteiger partial charge is 0.312 e. The van der Waals surface area contributed by atoms with Crippen molar-refractivity contribution in [2.75, 3.05) is 13.1 Å². The van der Waals surface area contributed by atoms with E-state index in [0.29, 0.717) is 0 Å². The Morgan fingerprint density at radius 3 is 2.79 bits per heavy atom. The standard InChI is InChI=1S/C10H15N3O/c1-7-9(10(14)13(2)12-7)8-4-3-5-11-6-8/h4,11-12H,3,5-6H2,1-2H3. The first-order chi connectivity index (χ1) is 6.70. The summed E-state index contributed by atoms with van der Waals surface area (Å²) in [7, 11) is 1.75. The van der Waals surface area contributed by atoms with Gasteiger partial charge in [-0.3, -0.25) is 14.6 Å². The number of nitrogens with one attached hydrogen (secondary N) is 2. The quantitative estimate of drug-likeness (QED) is 0.678. The number of H-pyrrole nitrogens is 1. The van der Waals surface area contributed by atoms with Crippen LogP contribution in [0.5, 0.6) is 0 Å². The molecule has 1 aliphatic rings. The van der Waals surface area contributed by atoms with Crippen LogP contribution in [0.4, 0.5) is 0 Å². The van der Waals surface area contributed by atoms with Crippen LogP contribution >= 0.6 is 0 Å². The van der Waals surface area contributed by atoms with Gasteiger partial charge in [-0.05, 0) is 25.5 Å². The molecule has 1 aromatic rings. The predicted octanol–water partition coefficient (Wildman–Crippen LogP) is 0.399. The van der Waals surface area contributed by atoms with E-state index in [1.165, 1.54) is 4.68 Å². The molecule has 2 heterocycles. The van der Waals surface area contributed by atoms with Crippen LogP contribution in [-0.2, 0) is 7.05 Å². The van der Waals surface area contributed by atoms with Crippen LogP contribution in [0.15, 0.2) is 10.9 Å². The molecule has 0 amide bonds. The maximum Gasteiger partial charge on any atom is 0.274 e. The van der Waals surface area contributed by atoms with E-state index in [4.69, 9.17) is 0 Å². The molecule has 0 atom stereocenters. The molecule has 76 valence electrons. The Bertz CT molecular complexity index is 425. The fourth-order valence-corrected chi connectivity index (χ4v) is 1.90. The van der Waals surface area contributed by atoms with Gasteiger partial charge in [-0.25, -0.2) is 0 Å². The van der Waals surface area contributed by atoms with Crippen LogP contribution in [0.2, 0.25) is 0 Å². The van der Waals surface area contributed by atoms with E-state index in [9.17, 15) is 4.79 Å². The van der Waals surface area contributed by atoms with Gasteiger partial charge in [0.1, 0.15) is 0 Å². The summed E-state index contributed by atoms with van der Waals surface area (Å²) in [6.45, 7) is 3.74. The fraction of sp³-hybridized carbons (Fsp3) is 0.500. The molecule has 0 saturated heterocycles. The van der Waals surface area contributed by atoms with Gasteiger partial charge in [0.15, 0.2) is 0 Å². The third kappa shape index (κ3) is 1.42. The van der Waals surface area contributed by atoms with Gasteiger partial charge in [0.25, 0.3) is 5.56 Å². The molecule has 0 aliphatic carbocycles. The molecular weight excluding hydrogens is 178 g/mol. The Balaban J connectivity index is 2.50. The molecule has 0 spiro atoms. The van der Waals surface area contributed by atoms with E-state index >= 15 is 0 Å². The highest BCUT2D eigenvalue weighted by Crippen LogP contribution is 2.15. The molecule has 2 rings (SSSR count). The average Bonchev–Trinajstić information content (AvgIpc) is 2.43. The van der Waals surface area contributed by atoms with Crippen molar-refractivity contribution in [1.29, 1.82) is 0 Å². The molecule has 4 heteroatoms. The summed E-state index contributed by atoms with van der Waals surface area (Å²) in [5.74, 6) is 0. The number of hydrogen-bond donors (Lipinski definition) is 2. The van der Waals surface area contributed by atoms with Crippen molar-refractivity contribution in [2.24, 2.45) is 7.05 Å². The Morgan fingerprint density at radius 2 is 2.29 bits per heavy atom. The van der Waals surface area contributed by atoms with Gasteiger partial charge >= 0.3 is 0 Å². The maximum atomic E-state index is 11.8. The van der Waals surface area contributed by atoms with Crippen LogP contribution in [0.1, 0.15) is 17.7 Å². The van der Waals surface area contributed by atoms with Crippen molar-refractivity contribution in [1.82, 2.24) is 15.1 Å². The second kappa shape index (κ2) is 3.46. The molecule has 0 saturated carbocycles.